The number of nitrogens with two attached hydrogens (primary N) is 1. The SMILES string of the molecule is CCOc1cccc(OCc2ccco2)c1N. The lowest BCUT2D eigenvalue weighted by molar-refractivity contribution is 0.269. The summed E-state index contributed by atoms with van der Waals surface area (Å²) in [6, 6.07) is 9.14. The van der Waals surface area contributed by atoms with Gasteiger partial charge in [0.15, 0.2) is 0 Å². The summed E-state index contributed by atoms with van der Waals surface area (Å²) in [5.74, 6) is 2.00. The third kappa shape index (κ3) is 2.72. The van der Waals surface area contributed by atoms with E-state index in [2.05, 4.69) is 0 Å². The van der Waals surface area contributed by atoms with Gasteiger partial charge in [-0.15, -0.1) is 0 Å². The zero-order valence-electron chi connectivity index (χ0n) is 9.68. The van der Waals surface area contributed by atoms with Crippen molar-refractivity contribution in [3.05, 3.63) is 42.4 Å². The summed E-state index contributed by atoms with van der Waals surface area (Å²) in [6.07, 6.45) is 1.61. The molecule has 0 unspecified atom stereocenters. The van der Waals surface area contributed by atoms with E-state index in [-0.39, 0.29) is 0 Å². The van der Waals surface area contributed by atoms with Crippen molar-refractivity contribution in [2.24, 2.45) is 0 Å². The maximum Gasteiger partial charge on any atom is 0.146 e. The van der Waals surface area contributed by atoms with Crippen LogP contribution in [0.15, 0.2) is 41.0 Å². The Morgan fingerprint density at radius 1 is 1.12 bits per heavy atom. The third-order valence-corrected chi connectivity index (χ3v) is 2.28. The Labute approximate surface area is 99.9 Å². The first-order chi connectivity index (χ1) is 8.31. The van der Waals surface area contributed by atoms with Gasteiger partial charge in [0.25, 0.3) is 0 Å². The Kier molecular flexibility index (Phi) is 3.55. The van der Waals surface area contributed by atoms with E-state index in [9.17, 15) is 0 Å². The molecule has 2 aromatic rings. The van der Waals surface area contributed by atoms with E-state index in [0.29, 0.717) is 30.4 Å². The molecule has 0 atom stereocenters. The first-order valence-corrected chi connectivity index (χ1v) is 5.47. The van der Waals surface area contributed by atoms with Gasteiger partial charge in [-0.05, 0) is 31.2 Å². The number of hydrogen-bond acceptors (Lipinski definition) is 4. The van der Waals surface area contributed by atoms with Crippen LogP contribution in [0, 0.1) is 0 Å². The topological polar surface area (TPSA) is 57.6 Å². The third-order valence-electron chi connectivity index (χ3n) is 2.28. The molecule has 1 heterocycles. The Balaban J connectivity index is 2.07. The van der Waals surface area contributed by atoms with Crippen LogP contribution in [-0.4, -0.2) is 6.61 Å². The summed E-state index contributed by atoms with van der Waals surface area (Å²) >= 11 is 0. The predicted molar refractivity (Wildman–Crippen MR) is 65.1 cm³/mol. The van der Waals surface area contributed by atoms with Gasteiger partial charge >= 0.3 is 0 Å². The van der Waals surface area contributed by atoms with E-state index >= 15 is 0 Å². The van der Waals surface area contributed by atoms with Crippen molar-refractivity contribution < 1.29 is 13.9 Å². The summed E-state index contributed by atoms with van der Waals surface area (Å²) in [6.45, 7) is 2.84. The van der Waals surface area contributed by atoms with Gasteiger partial charge < -0.3 is 19.6 Å². The van der Waals surface area contributed by atoms with Crippen LogP contribution in [0.1, 0.15) is 12.7 Å². The maximum atomic E-state index is 5.93. The van der Waals surface area contributed by atoms with Crippen LogP contribution in [0.2, 0.25) is 0 Å². The van der Waals surface area contributed by atoms with Gasteiger partial charge in [-0.3, -0.25) is 0 Å². The first kappa shape index (κ1) is 11.4. The highest BCUT2D eigenvalue weighted by atomic mass is 16.5. The van der Waals surface area contributed by atoms with Gasteiger partial charge in [-0.1, -0.05) is 6.07 Å². The number of rotatable bonds is 5. The smallest absolute Gasteiger partial charge is 0.146 e. The van der Waals surface area contributed by atoms with Gasteiger partial charge in [0.2, 0.25) is 0 Å². The van der Waals surface area contributed by atoms with Crippen molar-refractivity contribution >= 4 is 5.69 Å². The lowest BCUT2D eigenvalue weighted by atomic mass is 10.2. The van der Waals surface area contributed by atoms with E-state index in [1.807, 2.05) is 31.2 Å². The fourth-order valence-electron chi connectivity index (χ4n) is 1.47. The number of hydrogen-bond donors (Lipinski definition) is 1. The summed E-state index contributed by atoms with van der Waals surface area (Å²) in [5.41, 5.74) is 6.44. The maximum absolute atomic E-state index is 5.93. The molecular weight excluding hydrogens is 218 g/mol. The van der Waals surface area contributed by atoms with Crippen LogP contribution in [0.25, 0.3) is 0 Å². The molecule has 90 valence electrons. The van der Waals surface area contributed by atoms with Gasteiger partial charge in [0, 0.05) is 0 Å². The highest BCUT2D eigenvalue weighted by molar-refractivity contribution is 5.62. The lowest BCUT2D eigenvalue weighted by Crippen LogP contribution is -2.01. The number of furan rings is 1. The molecule has 1 aromatic heterocycles. The molecule has 0 bridgehead atoms. The molecule has 17 heavy (non-hydrogen) atoms. The average Bonchev–Trinajstić information content (AvgIpc) is 2.83. The van der Waals surface area contributed by atoms with Crippen LogP contribution in [-0.2, 0) is 6.61 Å². The first-order valence-electron chi connectivity index (χ1n) is 5.47. The zero-order valence-corrected chi connectivity index (χ0v) is 9.68. The Morgan fingerprint density at radius 2 is 1.88 bits per heavy atom. The van der Waals surface area contributed by atoms with E-state index in [1.165, 1.54) is 0 Å². The average molecular weight is 233 g/mol. The minimum atomic E-state index is 0.354. The van der Waals surface area contributed by atoms with Crippen molar-refractivity contribution in [2.45, 2.75) is 13.5 Å². The normalized spacial score (nSPS) is 10.2. The van der Waals surface area contributed by atoms with E-state index in [4.69, 9.17) is 19.6 Å². The molecule has 0 radical (unpaired) electrons. The highest BCUT2D eigenvalue weighted by Gasteiger charge is 2.07. The van der Waals surface area contributed by atoms with Crippen molar-refractivity contribution in [3.63, 3.8) is 0 Å². The highest BCUT2D eigenvalue weighted by Crippen LogP contribution is 2.31. The Bertz CT molecular complexity index is 466. The number of anilines is 1. The van der Waals surface area contributed by atoms with Crippen molar-refractivity contribution in [3.8, 4) is 11.5 Å². The molecule has 0 saturated carbocycles. The molecule has 0 aliphatic heterocycles. The summed E-state index contributed by atoms with van der Waals surface area (Å²) in [4.78, 5) is 0. The molecule has 0 amide bonds. The molecule has 0 fully saturated rings. The number of ether oxygens (including phenoxy) is 2. The predicted octanol–water partition coefficient (Wildman–Crippen LogP) is 2.84. The molecule has 4 heteroatoms. The fourth-order valence-corrected chi connectivity index (χ4v) is 1.47. The molecule has 0 aliphatic rings. The molecule has 0 aliphatic carbocycles. The molecule has 0 saturated heterocycles. The van der Waals surface area contributed by atoms with E-state index in [0.717, 1.165) is 5.76 Å². The largest absolute Gasteiger partial charge is 0.492 e. The van der Waals surface area contributed by atoms with E-state index < -0.39 is 0 Å². The monoisotopic (exact) mass is 233 g/mol. The molecule has 4 nitrogen and oxygen atoms in total. The lowest BCUT2D eigenvalue weighted by Gasteiger charge is -2.11. The van der Waals surface area contributed by atoms with Crippen molar-refractivity contribution in [2.75, 3.05) is 12.3 Å². The number of para-hydroxylation sites is 1. The van der Waals surface area contributed by atoms with Crippen LogP contribution < -0.4 is 15.2 Å². The second-order valence-electron chi connectivity index (χ2n) is 3.47. The summed E-state index contributed by atoms with van der Waals surface area (Å²) in [5, 5.41) is 0. The van der Waals surface area contributed by atoms with Crippen LogP contribution >= 0.6 is 0 Å². The Morgan fingerprint density at radius 3 is 2.53 bits per heavy atom. The van der Waals surface area contributed by atoms with Gasteiger partial charge in [0.1, 0.15) is 29.6 Å². The summed E-state index contributed by atoms with van der Waals surface area (Å²) < 4.78 is 16.1. The molecule has 1 aromatic carbocycles. The second kappa shape index (κ2) is 5.30. The van der Waals surface area contributed by atoms with Crippen LogP contribution in [0.3, 0.4) is 0 Å². The molecule has 0 spiro atoms. The van der Waals surface area contributed by atoms with Crippen molar-refractivity contribution in [1.82, 2.24) is 0 Å². The zero-order chi connectivity index (χ0) is 12.1. The minimum absolute atomic E-state index is 0.354. The van der Waals surface area contributed by atoms with Gasteiger partial charge in [-0.2, -0.15) is 0 Å². The second-order valence-corrected chi connectivity index (χ2v) is 3.47. The van der Waals surface area contributed by atoms with Gasteiger partial charge in [-0.25, -0.2) is 0 Å². The molecule has 2 rings (SSSR count). The molecule has 2 N–H and O–H groups in total. The summed E-state index contributed by atoms with van der Waals surface area (Å²) in [7, 11) is 0. The van der Waals surface area contributed by atoms with Crippen molar-refractivity contribution in [1.29, 1.82) is 0 Å². The standard InChI is InChI=1S/C13H15NO3/c1-2-15-11-6-3-7-12(13(11)14)17-9-10-5-4-8-16-10/h3-8H,2,9,14H2,1H3. The van der Waals surface area contributed by atoms with Crippen LogP contribution in [0.5, 0.6) is 11.5 Å². The molecular formula is C13H15NO3. The van der Waals surface area contributed by atoms with E-state index in [1.54, 1.807) is 12.3 Å². The number of nitrogen functional groups attached to an aromatic ring is 1. The van der Waals surface area contributed by atoms with Crippen LogP contribution in [0.4, 0.5) is 5.69 Å². The van der Waals surface area contributed by atoms with Gasteiger partial charge in [0.05, 0.1) is 12.9 Å². The number of benzene rings is 1. The Hall–Kier alpha value is -2.10. The quantitative estimate of drug-likeness (QED) is 0.807. The minimum Gasteiger partial charge on any atom is -0.492 e. The fraction of sp³-hybridized carbons (Fsp3) is 0.231.